The topological polar surface area (TPSA) is 46.9 Å². The van der Waals surface area contributed by atoms with E-state index in [4.69, 9.17) is 0 Å². The second-order valence-corrected chi connectivity index (χ2v) is 7.13. The van der Waals surface area contributed by atoms with Gasteiger partial charge < -0.3 is 9.88 Å². The largest absolute Gasteiger partial charge is 0.343 e. The molecule has 0 fully saturated rings. The summed E-state index contributed by atoms with van der Waals surface area (Å²) in [5.41, 5.74) is 4.84. The molecule has 1 aliphatic rings. The number of anilines is 1. The number of hydrogen-bond acceptors (Lipinski definition) is 2. The molecular formula is C23H18FN3O. The molecule has 0 radical (unpaired) electrons. The summed E-state index contributed by atoms with van der Waals surface area (Å²) in [6.07, 6.45) is 6.01. The molecule has 1 atom stereocenters. The standard InChI is InChI=1S/C23H18FN3O/c24-17-6-1-4-15(10-17)13-27-14-19-18(16-5-3-9-25-12-16)11-22(28)26-20-7-2-8-21(27)23(19)20/h1-10,12,14,18H,11,13H2,(H,26,28)/t18-/m1/s1. The zero-order chi connectivity index (χ0) is 19.1. The number of nitrogens with zero attached hydrogens (tertiary/aromatic N) is 2. The lowest BCUT2D eigenvalue weighted by molar-refractivity contribution is -0.116. The van der Waals surface area contributed by atoms with Crippen LogP contribution in [0.3, 0.4) is 0 Å². The molecule has 0 bridgehead atoms. The van der Waals surface area contributed by atoms with E-state index in [0.717, 1.165) is 33.3 Å². The van der Waals surface area contributed by atoms with Gasteiger partial charge in [0, 0.05) is 42.9 Å². The number of nitrogens with one attached hydrogen (secondary N) is 1. The third kappa shape index (κ3) is 2.85. The van der Waals surface area contributed by atoms with Crippen LogP contribution in [-0.4, -0.2) is 15.5 Å². The highest BCUT2D eigenvalue weighted by molar-refractivity contribution is 6.06. The van der Waals surface area contributed by atoms with Gasteiger partial charge in [-0.3, -0.25) is 9.78 Å². The Hall–Kier alpha value is -3.47. The van der Waals surface area contributed by atoms with E-state index in [0.29, 0.717) is 13.0 Å². The molecule has 1 amide bonds. The van der Waals surface area contributed by atoms with Crippen molar-refractivity contribution in [2.75, 3.05) is 5.32 Å². The van der Waals surface area contributed by atoms with Crippen molar-refractivity contribution >= 4 is 22.5 Å². The predicted octanol–water partition coefficient (Wildman–Crippen LogP) is 4.70. The van der Waals surface area contributed by atoms with E-state index in [1.54, 1.807) is 18.3 Å². The van der Waals surface area contributed by atoms with Crippen molar-refractivity contribution in [3.63, 3.8) is 0 Å². The molecule has 3 heterocycles. The third-order valence-corrected chi connectivity index (χ3v) is 5.30. The summed E-state index contributed by atoms with van der Waals surface area (Å²) >= 11 is 0. The fourth-order valence-corrected chi connectivity index (χ4v) is 4.09. The van der Waals surface area contributed by atoms with Gasteiger partial charge in [0.05, 0.1) is 11.2 Å². The molecule has 2 aromatic heterocycles. The van der Waals surface area contributed by atoms with Gasteiger partial charge in [0.25, 0.3) is 0 Å². The molecule has 138 valence electrons. The molecule has 4 aromatic rings. The summed E-state index contributed by atoms with van der Waals surface area (Å²) in [5.74, 6) is -0.320. The Balaban J connectivity index is 1.69. The SMILES string of the molecule is O=C1C[C@H](c2cccnc2)c2cn(Cc3cccc(F)c3)c3cccc(c23)N1. The fraction of sp³-hybridized carbons (Fsp3) is 0.130. The molecule has 0 saturated heterocycles. The lowest BCUT2D eigenvalue weighted by atomic mass is 9.90. The van der Waals surface area contributed by atoms with Crippen molar-refractivity contribution in [3.05, 3.63) is 95.7 Å². The first-order valence-electron chi connectivity index (χ1n) is 9.25. The number of halogens is 1. The smallest absolute Gasteiger partial charge is 0.225 e. The number of hydrogen-bond donors (Lipinski definition) is 1. The monoisotopic (exact) mass is 371 g/mol. The van der Waals surface area contributed by atoms with E-state index >= 15 is 0 Å². The maximum atomic E-state index is 13.6. The van der Waals surface area contributed by atoms with E-state index in [1.165, 1.54) is 6.07 Å². The van der Waals surface area contributed by atoms with Crippen LogP contribution < -0.4 is 5.32 Å². The Morgan fingerprint density at radius 1 is 1.14 bits per heavy atom. The molecule has 0 spiro atoms. The van der Waals surface area contributed by atoms with Crippen molar-refractivity contribution in [1.82, 2.24) is 9.55 Å². The molecule has 5 heteroatoms. The zero-order valence-electron chi connectivity index (χ0n) is 15.1. The van der Waals surface area contributed by atoms with Crippen LogP contribution in [-0.2, 0) is 11.3 Å². The molecular weight excluding hydrogens is 353 g/mol. The van der Waals surface area contributed by atoms with Crippen LogP contribution in [0, 0.1) is 5.82 Å². The van der Waals surface area contributed by atoms with Gasteiger partial charge in [-0.15, -0.1) is 0 Å². The molecule has 1 N–H and O–H groups in total. The Labute approximate surface area is 161 Å². The van der Waals surface area contributed by atoms with E-state index in [-0.39, 0.29) is 17.6 Å². The van der Waals surface area contributed by atoms with Gasteiger partial charge in [-0.2, -0.15) is 0 Å². The summed E-state index contributed by atoms with van der Waals surface area (Å²) in [4.78, 5) is 16.7. The van der Waals surface area contributed by atoms with E-state index in [9.17, 15) is 9.18 Å². The molecule has 0 saturated carbocycles. The van der Waals surface area contributed by atoms with Crippen LogP contribution in [0.4, 0.5) is 10.1 Å². The Morgan fingerprint density at radius 3 is 2.86 bits per heavy atom. The van der Waals surface area contributed by atoms with Crippen molar-refractivity contribution in [2.24, 2.45) is 0 Å². The minimum atomic E-state index is -0.239. The number of pyridine rings is 1. The summed E-state index contributed by atoms with van der Waals surface area (Å²) in [6, 6.07) is 16.5. The van der Waals surface area contributed by atoms with Gasteiger partial charge in [0.15, 0.2) is 0 Å². The molecule has 1 aliphatic heterocycles. The van der Waals surface area contributed by atoms with Gasteiger partial charge >= 0.3 is 0 Å². The molecule has 5 rings (SSSR count). The van der Waals surface area contributed by atoms with Crippen molar-refractivity contribution in [3.8, 4) is 0 Å². The van der Waals surface area contributed by atoms with E-state index < -0.39 is 0 Å². The second-order valence-electron chi connectivity index (χ2n) is 7.13. The maximum absolute atomic E-state index is 13.6. The highest BCUT2D eigenvalue weighted by Gasteiger charge is 2.27. The van der Waals surface area contributed by atoms with Crippen LogP contribution in [0.25, 0.3) is 10.9 Å². The Morgan fingerprint density at radius 2 is 2.04 bits per heavy atom. The predicted molar refractivity (Wildman–Crippen MR) is 107 cm³/mol. The first kappa shape index (κ1) is 16.7. The van der Waals surface area contributed by atoms with Crippen molar-refractivity contribution < 1.29 is 9.18 Å². The number of carbonyl (C=O) groups is 1. The van der Waals surface area contributed by atoms with Crippen LogP contribution >= 0.6 is 0 Å². The van der Waals surface area contributed by atoms with Crippen LogP contribution in [0.2, 0.25) is 0 Å². The van der Waals surface area contributed by atoms with Crippen molar-refractivity contribution in [2.45, 2.75) is 18.9 Å². The van der Waals surface area contributed by atoms with E-state index in [2.05, 4.69) is 21.1 Å². The van der Waals surface area contributed by atoms with Gasteiger partial charge in [0.2, 0.25) is 5.91 Å². The van der Waals surface area contributed by atoms with Gasteiger partial charge in [-0.1, -0.05) is 24.3 Å². The zero-order valence-corrected chi connectivity index (χ0v) is 15.1. The number of rotatable bonds is 3. The number of aromatic nitrogens is 2. The quantitative estimate of drug-likeness (QED) is 0.567. The summed E-state index contributed by atoms with van der Waals surface area (Å²) in [5, 5.41) is 4.08. The summed E-state index contributed by atoms with van der Waals surface area (Å²) in [6.45, 7) is 0.561. The molecule has 4 nitrogen and oxygen atoms in total. The minimum Gasteiger partial charge on any atom is -0.343 e. The lowest BCUT2D eigenvalue weighted by Crippen LogP contribution is -2.14. The highest BCUT2D eigenvalue weighted by atomic mass is 19.1. The molecule has 2 aromatic carbocycles. The Kier molecular flexibility index (Phi) is 3.93. The maximum Gasteiger partial charge on any atom is 0.225 e. The average molecular weight is 371 g/mol. The molecule has 0 unspecified atom stereocenters. The van der Waals surface area contributed by atoms with E-state index in [1.807, 2.05) is 42.6 Å². The molecule has 28 heavy (non-hydrogen) atoms. The average Bonchev–Trinajstić information content (AvgIpc) is 2.98. The summed E-state index contributed by atoms with van der Waals surface area (Å²) in [7, 11) is 0. The van der Waals surface area contributed by atoms with Gasteiger partial charge in [-0.05, 0) is 47.0 Å². The minimum absolute atomic E-state index is 0.00534. The fourth-order valence-electron chi connectivity index (χ4n) is 4.09. The summed E-state index contributed by atoms with van der Waals surface area (Å²) < 4.78 is 15.8. The third-order valence-electron chi connectivity index (χ3n) is 5.30. The lowest BCUT2D eigenvalue weighted by Gasteiger charge is -2.13. The van der Waals surface area contributed by atoms with Crippen molar-refractivity contribution in [1.29, 1.82) is 0 Å². The highest BCUT2D eigenvalue weighted by Crippen LogP contribution is 2.40. The van der Waals surface area contributed by atoms with Gasteiger partial charge in [-0.25, -0.2) is 4.39 Å². The van der Waals surface area contributed by atoms with Gasteiger partial charge in [0.1, 0.15) is 5.82 Å². The normalized spacial score (nSPS) is 16.0. The number of benzene rings is 2. The first-order valence-corrected chi connectivity index (χ1v) is 9.25. The van der Waals surface area contributed by atoms with Crippen LogP contribution in [0.15, 0.2) is 73.2 Å². The first-order chi connectivity index (χ1) is 13.7. The number of amides is 1. The molecule has 0 aliphatic carbocycles. The number of carbonyl (C=O) groups excluding carboxylic acids is 1. The Bertz CT molecular complexity index is 1180. The second kappa shape index (κ2) is 6.60. The van der Waals surface area contributed by atoms with Crippen LogP contribution in [0.1, 0.15) is 29.0 Å². The van der Waals surface area contributed by atoms with Crippen LogP contribution in [0.5, 0.6) is 0 Å².